The zero-order chi connectivity index (χ0) is 37.1. The molecule has 0 bridgehead atoms. The number of nitrogens with one attached hydrogen (secondary N) is 3. The lowest BCUT2D eigenvalue weighted by Gasteiger charge is -2.33. The second-order valence-electron chi connectivity index (χ2n) is 14.7. The van der Waals surface area contributed by atoms with Gasteiger partial charge in [-0.1, -0.05) is 99.5 Å². The fraction of sp³-hybridized carbons (Fsp3) is 0.463. The van der Waals surface area contributed by atoms with Gasteiger partial charge in [-0.25, -0.2) is 10.2 Å². The van der Waals surface area contributed by atoms with Crippen LogP contribution in [0.4, 0.5) is 0 Å². The minimum absolute atomic E-state index is 0.0468. The molecule has 2 aliphatic carbocycles. The molecule has 11 nitrogen and oxygen atoms in total. The van der Waals surface area contributed by atoms with Crippen molar-refractivity contribution in [1.29, 1.82) is 0 Å². The number of hydroxylamine groups is 1. The molecule has 0 aliphatic heterocycles. The molecular formula is C41H53N5O6. The Morgan fingerprint density at radius 3 is 2.12 bits per heavy atom. The Morgan fingerprint density at radius 2 is 1.44 bits per heavy atom. The van der Waals surface area contributed by atoms with Crippen molar-refractivity contribution < 1.29 is 28.7 Å². The maximum atomic E-state index is 13.9. The Bertz CT molecular complexity index is 1680. The quantitative estimate of drug-likeness (QED) is 0.117. The van der Waals surface area contributed by atoms with Crippen LogP contribution < -0.4 is 16.1 Å². The van der Waals surface area contributed by atoms with Crippen molar-refractivity contribution >= 4 is 17.7 Å². The summed E-state index contributed by atoms with van der Waals surface area (Å²) < 4.78 is 13.7. The topological polar surface area (TPSA) is 133 Å². The predicted molar refractivity (Wildman–Crippen MR) is 198 cm³/mol. The maximum absolute atomic E-state index is 13.9. The smallest absolute Gasteiger partial charge is 0.295 e. The molecule has 1 aromatic heterocycles. The highest BCUT2D eigenvalue weighted by Crippen LogP contribution is 2.32. The zero-order valence-electron chi connectivity index (χ0n) is 30.7. The van der Waals surface area contributed by atoms with Gasteiger partial charge in [0.15, 0.2) is 5.69 Å². The number of aromatic nitrogens is 2. The minimum atomic E-state index is -0.652. The molecule has 11 heteroatoms. The summed E-state index contributed by atoms with van der Waals surface area (Å²) in [7, 11) is 0. The number of hydrogen-bond donors (Lipinski definition) is 3. The predicted octanol–water partition coefficient (Wildman–Crippen LogP) is 6.77. The van der Waals surface area contributed by atoms with Crippen LogP contribution in [0.3, 0.4) is 0 Å². The lowest BCUT2D eigenvalue weighted by atomic mass is 9.83. The van der Waals surface area contributed by atoms with Gasteiger partial charge in [0.1, 0.15) is 18.8 Å². The fourth-order valence-electron chi connectivity index (χ4n) is 6.79. The molecule has 2 aliphatic rings. The van der Waals surface area contributed by atoms with Crippen LogP contribution in [-0.4, -0.2) is 45.2 Å². The number of ether oxygens (including phenoxy) is 2. The molecule has 278 valence electrons. The molecule has 0 saturated heterocycles. The van der Waals surface area contributed by atoms with Crippen molar-refractivity contribution in [3.05, 3.63) is 114 Å². The SMILES string of the molecule is C=C(OCc1ccccc1)[C@H]1CCCC[C@@H]1NC(=O)Cn1nc(C(=O)NOC(C)(C)C)cc1C(=O)NC(=C)[C@H]1CCCC[C@@H]1OCc1ccccc1. The van der Waals surface area contributed by atoms with E-state index in [-0.39, 0.29) is 47.8 Å². The highest BCUT2D eigenvalue weighted by Gasteiger charge is 2.32. The standard InChI is InChI=1S/C41H53N5O6/c1-28(32-20-13-15-23-37(32)51-27-31-18-10-7-11-19-31)42-40(49)36-24-35(39(48)45-52-41(3,4)5)44-46(36)25-38(47)43-34-22-14-12-21-33(34)29(2)50-26-30-16-8-6-9-17-30/h6-11,16-19,24,32-34,37H,1-2,12-15,20-23,25-27H2,3-5H3,(H,42,49)(H,43,47)(H,45,48)/t32-,33-,34+,37+/m1/s1. The van der Waals surface area contributed by atoms with E-state index in [4.69, 9.17) is 14.3 Å². The number of benzene rings is 2. The van der Waals surface area contributed by atoms with E-state index in [1.807, 2.05) is 60.7 Å². The molecule has 3 amide bonds. The van der Waals surface area contributed by atoms with Crippen molar-refractivity contribution in [1.82, 2.24) is 25.9 Å². The molecule has 4 atom stereocenters. The molecule has 52 heavy (non-hydrogen) atoms. The lowest BCUT2D eigenvalue weighted by Crippen LogP contribution is -2.44. The van der Waals surface area contributed by atoms with E-state index in [2.05, 4.69) is 34.4 Å². The Hall–Kier alpha value is -4.74. The van der Waals surface area contributed by atoms with Gasteiger partial charge in [0.05, 0.1) is 24.1 Å². The zero-order valence-corrected chi connectivity index (χ0v) is 30.7. The van der Waals surface area contributed by atoms with Gasteiger partial charge in [-0.15, -0.1) is 0 Å². The van der Waals surface area contributed by atoms with E-state index >= 15 is 0 Å². The summed E-state index contributed by atoms with van der Waals surface area (Å²) in [5, 5.41) is 10.5. The third-order valence-electron chi connectivity index (χ3n) is 9.51. The van der Waals surface area contributed by atoms with Crippen molar-refractivity contribution in [3.8, 4) is 0 Å². The van der Waals surface area contributed by atoms with E-state index in [0.29, 0.717) is 24.7 Å². The van der Waals surface area contributed by atoms with Gasteiger partial charge in [0.25, 0.3) is 11.8 Å². The second kappa shape index (κ2) is 18.1. The van der Waals surface area contributed by atoms with Crippen molar-refractivity contribution in [2.45, 2.75) is 110 Å². The first-order valence-electron chi connectivity index (χ1n) is 18.3. The third kappa shape index (κ3) is 11.1. The highest BCUT2D eigenvalue weighted by atomic mass is 16.7. The van der Waals surface area contributed by atoms with Gasteiger partial charge in [-0.05, 0) is 57.6 Å². The molecule has 2 saturated carbocycles. The number of carbonyl (C=O) groups is 3. The molecule has 5 rings (SSSR count). The van der Waals surface area contributed by atoms with Gasteiger partial charge in [0.2, 0.25) is 5.91 Å². The number of amides is 3. The fourth-order valence-corrected chi connectivity index (χ4v) is 6.79. The van der Waals surface area contributed by atoms with Gasteiger partial charge in [-0.2, -0.15) is 5.10 Å². The summed E-state index contributed by atoms with van der Waals surface area (Å²) in [4.78, 5) is 46.0. The van der Waals surface area contributed by atoms with E-state index in [1.54, 1.807) is 20.8 Å². The minimum Gasteiger partial charge on any atom is -0.494 e. The van der Waals surface area contributed by atoms with E-state index in [0.717, 1.165) is 62.5 Å². The van der Waals surface area contributed by atoms with Crippen LogP contribution in [0.25, 0.3) is 0 Å². The van der Waals surface area contributed by atoms with E-state index in [9.17, 15) is 14.4 Å². The summed E-state index contributed by atoms with van der Waals surface area (Å²) in [5.41, 5.74) is 4.38. The van der Waals surface area contributed by atoms with Gasteiger partial charge < -0.3 is 20.1 Å². The number of hydrogen-bond acceptors (Lipinski definition) is 7. The Balaban J connectivity index is 1.27. The molecule has 2 fully saturated rings. The Labute approximate surface area is 307 Å². The van der Waals surface area contributed by atoms with Gasteiger partial charge >= 0.3 is 0 Å². The molecule has 0 spiro atoms. The molecule has 0 radical (unpaired) electrons. The third-order valence-corrected chi connectivity index (χ3v) is 9.51. The van der Waals surface area contributed by atoms with Crippen LogP contribution >= 0.6 is 0 Å². The summed E-state index contributed by atoms with van der Waals surface area (Å²) in [6.07, 6.45) is 7.16. The van der Waals surface area contributed by atoms with Crippen LogP contribution in [0, 0.1) is 11.8 Å². The maximum Gasteiger partial charge on any atom is 0.295 e. The summed E-state index contributed by atoms with van der Waals surface area (Å²) in [6, 6.07) is 21.0. The summed E-state index contributed by atoms with van der Waals surface area (Å²) in [5.74, 6) is -1.02. The van der Waals surface area contributed by atoms with Crippen LogP contribution in [0.1, 0.15) is 104 Å². The number of rotatable bonds is 15. The van der Waals surface area contributed by atoms with Crippen LogP contribution in [-0.2, 0) is 38.9 Å². The van der Waals surface area contributed by atoms with Gasteiger partial charge in [-0.3, -0.25) is 19.2 Å². The van der Waals surface area contributed by atoms with E-state index < -0.39 is 17.4 Å². The second-order valence-corrected chi connectivity index (χ2v) is 14.7. The van der Waals surface area contributed by atoms with Gasteiger partial charge in [0, 0.05) is 29.6 Å². The number of carbonyl (C=O) groups excluding carboxylic acids is 3. The molecule has 3 aromatic rings. The monoisotopic (exact) mass is 711 g/mol. The van der Waals surface area contributed by atoms with Crippen LogP contribution in [0.15, 0.2) is 91.3 Å². The average molecular weight is 712 g/mol. The van der Waals surface area contributed by atoms with Crippen LogP contribution in [0.2, 0.25) is 0 Å². The summed E-state index contributed by atoms with van der Waals surface area (Å²) >= 11 is 0. The first-order valence-corrected chi connectivity index (χ1v) is 18.3. The van der Waals surface area contributed by atoms with E-state index in [1.165, 1.54) is 10.7 Å². The Morgan fingerprint density at radius 1 is 0.827 bits per heavy atom. The molecule has 1 heterocycles. The van der Waals surface area contributed by atoms with Crippen molar-refractivity contribution in [2.75, 3.05) is 0 Å². The molecular weight excluding hydrogens is 658 g/mol. The van der Waals surface area contributed by atoms with Crippen LogP contribution in [0.5, 0.6) is 0 Å². The molecule has 2 aromatic carbocycles. The average Bonchev–Trinajstić information content (AvgIpc) is 3.56. The Kier molecular flexibility index (Phi) is 13.4. The largest absolute Gasteiger partial charge is 0.494 e. The van der Waals surface area contributed by atoms with Crippen molar-refractivity contribution in [2.24, 2.45) is 11.8 Å². The molecule has 3 N–H and O–H groups in total. The highest BCUT2D eigenvalue weighted by molar-refractivity contribution is 5.98. The normalized spacial score (nSPS) is 20.4. The first-order chi connectivity index (χ1) is 25.0. The van der Waals surface area contributed by atoms with Crippen molar-refractivity contribution in [3.63, 3.8) is 0 Å². The molecule has 0 unspecified atom stereocenters. The summed E-state index contributed by atoms with van der Waals surface area (Å²) in [6.45, 7) is 14.4. The lowest BCUT2D eigenvalue weighted by molar-refractivity contribution is -0.123. The first kappa shape index (κ1) is 38.5. The number of nitrogens with zero attached hydrogens (tertiary/aromatic N) is 2.